The first-order valence-electron chi connectivity index (χ1n) is 12.2. The zero-order valence-corrected chi connectivity index (χ0v) is 21.9. The highest BCUT2D eigenvalue weighted by Crippen LogP contribution is 2.44. The van der Waals surface area contributed by atoms with Crippen LogP contribution in [-0.2, 0) is 6.42 Å². The van der Waals surface area contributed by atoms with E-state index in [0.717, 1.165) is 62.5 Å². The number of likely N-dealkylation sites (tertiary alicyclic amines) is 1. The van der Waals surface area contributed by atoms with E-state index in [-0.39, 0.29) is 5.43 Å². The number of halogens is 1. The fourth-order valence-electron chi connectivity index (χ4n) is 5.11. The van der Waals surface area contributed by atoms with Crippen LogP contribution in [0.2, 0.25) is 0 Å². The predicted octanol–water partition coefficient (Wildman–Crippen LogP) is 6.67. The molecule has 1 saturated heterocycles. The minimum Gasteiger partial charge on any atom is -0.492 e. The summed E-state index contributed by atoms with van der Waals surface area (Å²) < 4.78 is 9.45. The van der Waals surface area contributed by atoms with Crippen molar-refractivity contribution in [3.8, 4) is 11.4 Å². The molecule has 0 amide bonds. The lowest BCUT2D eigenvalue weighted by atomic mass is 10.0. The topological polar surface area (TPSA) is 34.5 Å². The molecule has 2 aliphatic rings. The van der Waals surface area contributed by atoms with Crippen LogP contribution in [0, 0.1) is 0 Å². The maximum absolute atomic E-state index is 13.7. The second-order valence-corrected chi connectivity index (χ2v) is 11.3. The maximum atomic E-state index is 13.7. The molecule has 178 valence electrons. The van der Waals surface area contributed by atoms with Gasteiger partial charge in [-0.25, -0.2) is 0 Å². The normalized spacial score (nSPS) is 15.2. The van der Waals surface area contributed by atoms with E-state index >= 15 is 0 Å². The lowest BCUT2D eigenvalue weighted by molar-refractivity contribution is 0.183. The summed E-state index contributed by atoms with van der Waals surface area (Å²) in [6.07, 6.45) is 6.51. The molecule has 35 heavy (non-hydrogen) atoms. The molecule has 4 aromatic rings. The minimum absolute atomic E-state index is 0.0851. The molecule has 3 heterocycles. The molecule has 0 spiro atoms. The van der Waals surface area contributed by atoms with Crippen LogP contribution in [0.25, 0.3) is 16.6 Å². The van der Waals surface area contributed by atoms with Crippen molar-refractivity contribution < 1.29 is 4.74 Å². The van der Waals surface area contributed by atoms with Crippen molar-refractivity contribution in [2.45, 2.75) is 35.5 Å². The Balaban J connectivity index is 1.42. The molecule has 0 saturated carbocycles. The SMILES string of the molecule is O=c1c(Cc2ccccc2)cn2c3c(cc(OCCN4CCCCC4)cc13)Sc1ccc(Br)cc1-2. The Hall–Kier alpha value is -2.54. The number of hydrogen-bond acceptors (Lipinski definition) is 4. The molecule has 0 N–H and O–H groups in total. The third-order valence-corrected chi connectivity index (χ3v) is 8.46. The highest BCUT2D eigenvalue weighted by atomic mass is 79.9. The van der Waals surface area contributed by atoms with Gasteiger partial charge in [0.2, 0.25) is 0 Å². The van der Waals surface area contributed by atoms with Crippen LogP contribution < -0.4 is 10.2 Å². The molecule has 0 atom stereocenters. The lowest BCUT2D eigenvalue weighted by Gasteiger charge is -2.26. The molecule has 0 aliphatic carbocycles. The van der Waals surface area contributed by atoms with Crippen LogP contribution in [0.3, 0.4) is 0 Å². The van der Waals surface area contributed by atoms with Gasteiger partial charge in [-0.2, -0.15) is 0 Å². The number of fused-ring (bicyclic) bond motifs is 2. The summed E-state index contributed by atoms with van der Waals surface area (Å²) >= 11 is 5.34. The molecular weight excluding hydrogens is 520 g/mol. The van der Waals surface area contributed by atoms with Gasteiger partial charge < -0.3 is 9.30 Å². The number of benzene rings is 3. The van der Waals surface area contributed by atoms with Crippen molar-refractivity contribution >= 4 is 38.6 Å². The number of ether oxygens (including phenoxy) is 1. The Morgan fingerprint density at radius 1 is 0.943 bits per heavy atom. The van der Waals surface area contributed by atoms with Gasteiger partial charge in [0, 0.05) is 39.0 Å². The van der Waals surface area contributed by atoms with Crippen LogP contribution in [0.15, 0.2) is 85.9 Å². The Bertz CT molecular complexity index is 1450. The predicted molar refractivity (Wildman–Crippen MR) is 146 cm³/mol. The van der Waals surface area contributed by atoms with Gasteiger partial charge in [0.15, 0.2) is 5.43 Å². The van der Waals surface area contributed by atoms with Crippen LogP contribution in [0.4, 0.5) is 0 Å². The average molecular weight is 548 g/mol. The fraction of sp³-hybridized carbons (Fsp3) is 0.276. The lowest BCUT2D eigenvalue weighted by Crippen LogP contribution is -2.33. The third kappa shape index (κ3) is 4.67. The first-order chi connectivity index (χ1) is 17.2. The van der Waals surface area contributed by atoms with E-state index in [0.29, 0.717) is 13.0 Å². The second kappa shape index (κ2) is 9.84. The van der Waals surface area contributed by atoms with Gasteiger partial charge in [-0.3, -0.25) is 9.69 Å². The van der Waals surface area contributed by atoms with Gasteiger partial charge in [0.1, 0.15) is 12.4 Å². The van der Waals surface area contributed by atoms with Crippen molar-refractivity contribution in [1.29, 1.82) is 0 Å². The fourth-order valence-corrected chi connectivity index (χ4v) is 6.57. The van der Waals surface area contributed by atoms with E-state index in [2.05, 4.69) is 61.8 Å². The molecule has 6 rings (SSSR count). The van der Waals surface area contributed by atoms with Crippen LogP contribution in [0.5, 0.6) is 5.75 Å². The van der Waals surface area contributed by atoms with Crippen molar-refractivity contribution in [1.82, 2.24) is 9.47 Å². The molecule has 6 heteroatoms. The summed E-state index contributed by atoms with van der Waals surface area (Å²) in [7, 11) is 0. The van der Waals surface area contributed by atoms with Gasteiger partial charge >= 0.3 is 0 Å². The first kappa shape index (κ1) is 22.9. The highest BCUT2D eigenvalue weighted by Gasteiger charge is 2.23. The van der Waals surface area contributed by atoms with Gasteiger partial charge in [0.05, 0.1) is 16.6 Å². The second-order valence-electron chi connectivity index (χ2n) is 9.30. The van der Waals surface area contributed by atoms with E-state index < -0.39 is 0 Å². The smallest absolute Gasteiger partial charge is 0.193 e. The maximum Gasteiger partial charge on any atom is 0.193 e. The van der Waals surface area contributed by atoms with E-state index in [9.17, 15) is 4.79 Å². The number of aromatic nitrogens is 1. The Morgan fingerprint density at radius 2 is 1.77 bits per heavy atom. The Labute approximate surface area is 218 Å². The van der Waals surface area contributed by atoms with E-state index in [1.807, 2.05) is 30.5 Å². The van der Waals surface area contributed by atoms with E-state index in [1.165, 1.54) is 24.2 Å². The summed E-state index contributed by atoms with van der Waals surface area (Å²) in [5.74, 6) is 0.776. The quantitative estimate of drug-likeness (QED) is 0.238. The molecule has 1 fully saturated rings. The zero-order chi connectivity index (χ0) is 23.8. The van der Waals surface area contributed by atoms with Gasteiger partial charge in [-0.1, -0.05) is 64.4 Å². The van der Waals surface area contributed by atoms with Crippen LogP contribution in [-0.4, -0.2) is 35.7 Å². The monoisotopic (exact) mass is 546 g/mol. The van der Waals surface area contributed by atoms with Gasteiger partial charge in [0.25, 0.3) is 0 Å². The molecule has 1 aromatic heterocycles. The Kier molecular flexibility index (Phi) is 6.44. The standard InChI is InChI=1S/C29H27BrN2O2S/c30-22-9-10-26-25(16-22)32-19-21(15-20-7-3-1-4-8-20)29(33)24-17-23(18-27(35-26)28(24)32)34-14-13-31-11-5-2-6-12-31/h1,3-4,7-10,16-19H,2,5-6,11-15H2. The average Bonchev–Trinajstić information content (AvgIpc) is 2.88. The minimum atomic E-state index is 0.0851. The molecule has 2 aliphatic heterocycles. The summed E-state index contributed by atoms with van der Waals surface area (Å²) in [6, 6.07) is 20.6. The summed E-state index contributed by atoms with van der Waals surface area (Å²) in [6.45, 7) is 3.87. The van der Waals surface area contributed by atoms with Gasteiger partial charge in [-0.05, 0) is 61.8 Å². The Morgan fingerprint density at radius 3 is 2.60 bits per heavy atom. The van der Waals surface area contributed by atoms with Crippen molar-refractivity contribution in [3.63, 3.8) is 0 Å². The van der Waals surface area contributed by atoms with Crippen LogP contribution >= 0.6 is 27.7 Å². The number of rotatable bonds is 6. The summed E-state index contributed by atoms with van der Waals surface area (Å²) in [5.41, 5.74) is 4.06. The third-order valence-electron chi connectivity index (χ3n) is 6.87. The van der Waals surface area contributed by atoms with Crippen LogP contribution in [0.1, 0.15) is 30.4 Å². The van der Waals surface area contributed by atoms with Gasteiger partial charge in [-0.15, -0.1) is 0 Å². The molecule has 4 nitrogen and oxygen atoms in total. The van der Waals surface area contributed by atoms with E-state index in [1.54, 1.807) is 11.8 Å². The molecule has 3 aromatic carbocycles. The number of hydrogen-bond donors (Lipinski definition) is 0. The summed E-state index contributed by atoms with van der Waals surface area (Å²) in [4.78, 5) is 18.4. The first-order valence-corrected chi connectivity index (χ1v) is 13.9. The number of pyridine rings is 1. The van der Waals surface area contributed by atoms with Crippen molar-refractivity contribution in [3.05, 3.63) is 92.7 Å². The molecule has 0 unspecified atom stereocenters. The number of nitrogens with zero attached hydrogens (tertiary/aromatic N) is 2. The molecule has 0 bridgehead atoms. The highest BCUT2D eigenvalue weighted by molar-refractivity contribution is 9.10. The van der Waals surface area contributed by atoms with E-state index in [4.69, 9.17) is 4.74 Å². The van der Waals surface area contributed by atoms with Crippen molar-refractivity contribution in [2.75, 3.05) is 26.2 Å². The molecular formula is C29H27BrN2O2S. The molecule has 0 radical (unpaired) electrons. The summed E-state index contributed by atoms with van der Waals surface area (Å²) in [5, 5.41) is 0.724. The zero-order valence-electron chi connectivity index (χ0n) is 19.5. The van der Waals surface area contributed by atoms with Crippen molar-refractivity contribution in [2.24, 2.45) is 0 Å². The largest absolute Gasteiger partial charge is 0.492 e. The number of piperidine rings is 1.